The Morgan fingerprint density at radius 2 is 1.74 bits per heavy atom. The Morgan fingerprint density at radius 3 is 2.30 bits per heavy atom. The highest BCUT2D eigenvalue weighted by molar-refractivity contribution is 5.82. The number of aliphatic carboxylic acids is 2. The highest BCUT2D eigenvalue weighted by atomic mass is 16.4. The molecule has 1 saturated carbocycles. The van der Waals surface area contributed by atoms with Crippen LogP contribution in [0.1, 0.15) is 45.6 Å². The lowest BCUT2D eigenvalue weighted by Gasteiger charge is -2.68. The van der Waals surface area contributed by atoms with Crippen LogP contribution in [0.25, 0.3) is 0 Å². The maximum Gasteiger partial charge on any atom is 0.335 e. The molecular formula is C31H47N3O9. The molecule has 5 heterocycles. The molecule has 1 spiro atoms. The molecule has 0 aromatic heterocycles. The van der Waals surface area contributed by atoms with Crippen LogP contribution in [0.3, 0.4) is 0 Å². The number of aliphatic hydroxyl groups is 5. The van der Waals surface area contributed by atoms with Crippen LogP contribution < -0.4 is 10.0 Å². The molecule has 12 heteroatoms. The Labute approximate surface area is 252 Å². The first-order chi connectivity index (χ1) is 20.3. The van der Waals surface area contributed by atoms with Gasteiger partial charge in [-0.1, -0.05) is 39.0 Å². The molecule has 0 amide bonds. The molecule has 5 aliphatic heterocycles. The first-order valence-electron chi connectivity index (χ1n) is 15.6. The number of aliphatic hydroxyl groups excluding tert-OH is 5. The van der Waals surface area contributed by atoms with E-state index in [4.69, 9.17) is 15.3 Å². The molecule has 43 heavy (non-hydrogen) atoms. The van der Waals surface area contributed by atoms with Gasteiger partial charge in [0.25, 0.3) is 0 Å². The fourth-order valence-corrected chi connectivity index (χ4v) is 10.2. The van der Waals surface area contributed by atoms with E-state index >= 15 is 0 Å². The van der Waals surface area contributed by atoms with Crippen LogP contribution in [-0.4, -0.2) is 134 Å². The lowest BCUT2D eigenvalue weighted by molar-refractivity contribution is -1.04. The van der Waals surface area contributed by atoms with Crippen molar-refractivity contribution in [3.63, 3.8) is 0 Å². The Kier molecular flexibility index (Phi) is 8.62. The van der Waals surface area contributed by atoms with Crippen LogP contribution in [0.2, 0.25) is 0 Å². The van der Waals surface area contributed by atoms with Crippen molar-refractivity contribution in [3.05, 3.63) is 29.8 Å². The average Bonchev–Trinajstić information content (AvgIpc) is 3.37. The van der Waals surface area contributed by atoms with Gasteiger partial charge in [-0.25, -0.2) is 4.79 Å². The van der Waals surface area contributed by atoms with Gasteiger partial charge >= 0.3 is 5.97 Å². The Hall–Kier alpha value is -2.32. The number of carboxylic acids is 2. The minimum atomic E-state index is -2.38. The number of quaternary nitrogens is 1. The smallest absolute Gasteiger partial charge is 0.335 e. The zero-order valence-electron chi connectivity index (χ0n) is 25.4. The summed E-state index contributed by atoms with van der Waals surface area (Å²) in [6, 6.07) is 9.31. The SMILES string of the molecule is CC[C@@H]1[C@@H](O)[N+]2(CC(O)CN(CC)CC)[C@H]3C[C@@]45c6ccccc6N(C)[C@H]4[C@@H]2C[C@H]1C3C5O.O=C(O)[C@@H](O)[C@@H](O)C(=O)[O-]. The van der Waals surface area contributed by atoms with E-state index in [1.807, 2.05) is 0 Å². The van der Waals surface area contributed by atoms with Crippen molar-refractivity contribution in [3.8, 4) is 0 Å². The molecule has 6 aliphatic rings. The number of para-hydroxylation sites is 1. The van der Waals surface area contributed by atoms with E-state index in [2.05, 4.69) is 61.9 Å². The maximum absolute atomic E-state index is 12.1. The number of nitrogens with zero attached hydrogens (tertiary/aromatic N) is 3. The minimum absolute atomic E-state index is 0.171. The van der Waals surface area contributed by atoms with Crippen molar-refractivity contribution in [1.29, 1.82) is 0 Å². The van der Waals surface area contributed by atoms with Crippen LogP contribution >= 0.6 is 0 Å². The predicted molar refractivity (Wildman–Crippen MR) is 153 cm³/mol. The quantitative estimate of drug-likeness (QED) is 0.167. The molecule has 5 fully saturated rings. The van der Waals surface area contributed by atoms with Crippen molar-refractivity contribution in [1.82, 2.24) is 4.90 Å². The van der Waals surface area contributed by atoms with Gasteiger partial charge in [-0.15, -0.1) is 0 Å². The highest BCUT2D eigenvalue weighted by Crippen LogP contribution is 2.71. The first-order valence-corrected chi connectivity index (χ1v) is 15.6. The number of likely N-dealkylation sites (N-methyl/N-ethyl adjacent to an activating group) is 2. The summed E-state index contributed by atoms with van der Waals surface area (Å²) >= 11 is 0. The van der Waals surface area contributed by atoms with E-state index in [1.165, 1.54) is 11.3 Å². The van der Waals surface area contributed by atoms with Crippen LogP contribution in [0.4, 0.5) is 5.69 Å². The van der Waals surface area contributed by atoms with Crippen LogP contribution in [-0.2, 0) is 15.0 Å². The van der Waals surface area contributed by atoms with Crippen LogP contribution in [0, 0.1) is 17.8 Å². The molecule has 4 saturated heterocycles. The molecule has 4 unspecified atom stereocenters. The minimum Gasteiger partial charge on any atom is -0.547 e. The normalized spacial score (nSPS) is 40.0. The van der Waals surface area contributed by atoms with Gasteiger partial charge in [0.1, 0.15) is 24.8 Å². The van der Waals surface area contributed by atoms with E-state index in [0.29, 0.717) is 23.5 Å². The van der Waals surface area contributed by atoms with E-state index in [1.54, 1.807) is 0 Å². The molecule has 1 aliphatic carbocycles. The second-order valence-corrected chi connectivity index (χ2v) is 13.2. The van der Waals surface area contributed by atoms with Gasteiger partial charge in [0.2, 0.25) is 0 Å². The number of anilines is 1. The van der Waals surface area contributed by atoms with E-state index in [0.717, 1.165) is 32.4 Å². The largest absolute Gasteiger partial charge is 0.547 e. The zero-order chi connectivity index (χ0) is 31.6. The Bertz CT molecular complexity index is 1200. The van der Waals surface area contributed by atoms with E-state index in [-0.39, 0.29) is 41.5 Å². The molecule has 13 atom stereocenters. The fraction of sp³-hybridized carbons (Fsp3) is 0.742. The summed E-state index contributed by atoms with van der Waals surface area (Å²) in [5.41, 5.74) is 2.32. The highest BCUT2D eigenvalue weighted by Gasteiger charge is 2.83. The van der Waals surface area contributed by atoms with Crippen molar-refractivity contribution in [2.24, 2.45) is 17.8 Å². The summed E-state index contributed by atoms with van der Waals surface area (Å²) in [6.07, 6.45) is -3.11. The number of piperidine rings is 4. The summed E-state index contributed by atoms with van der Waals surface area (Å²) in [6.45, 7) is 9.58. The Balaban J connectivity index is 0.000000319. The molecule has 1 aromatic carbocycles. The van der Waals surface area contributed by atoms with Gasteiger partial charge in [-0.05, 0) is 37.1 Å². The topological polar surface area (TPSA) is 185 Å². The average molecular weight is 606 g/mol. The molecule has 0 radical (unpaired) electrons. The summed E-state index contributed by atoms with van der Waals surface area (Å²) in [7, 11) is 2.19. The number of hydrogen-bond acceptors (Lipinski definition) is 10. The van der Waals surface area contributed by atoms with Gasteiger partial charge < -0.3 is 50.3 Å². The third kappa shape index (κ3) is 4.44. The van der Waals surface area contributed by atoms with Gasteiger partial charge in [-0.2, -0.15) is 0 Å². The predicted octanol–water partition coefficient (Wildman–Crippen LogP) is -1.69. The van der Waals surface area contributed by atoms with Gasteiger partial charge in [0, 0.05) is 44.0 Å². The lowest BCUT2D eigenvalue weighted by atomic mass is 9.60. The van der Waals surface area contributed by atoms with Crippen molar-refractivity contribution >= 4 is 17.6 Å². The second-order valence-electron chi connectivity index (χ2n) is 13.2. The molecule has 6 N–H and O–H groups in total. The number of fused-ring (bicyclic) bond motifs is 2. The fourth-order valence-electron chi connectivity index (χ4n) is 10.2. The van der Waals surface area contributed by atoms with Gasteiger partial charge in [0.05, 0.1) is 29.6 Å². The summed E-state index contributed by atoms with van der Waals surface area (Å²) < 4.78 is 0.601. The summed E-state index contributed by atoms with van der Waals surface area (Å²) in [4.78, 5) is 24.1. The monoisotopic (exact) mass is 605 g/mol. The summed E-state index contributed by atoms with van der Waals surface area (Å²) in [5.74, 6) is -3.04. The standard InChI is InChI=1S/C27H42N3O3.C4H6O6/c1-5-17-18-12-21-24-27(19-10-8-9-11-20(19)28(24)4)13-22(23(18)25(27)32)30(21,26(17)33)15-16(31)14-29(6-2)7-3;5-1(3(7)8)2(6)4(9)10/h8-11,16-18,21-26,31-33H,5-7,12-15H2,1-4H3;1-2,5-6H,(H,7,8)(H,9,10)/q+1;/p-1/t16?,17-,18+,21-,22-,23?,24-,25?,26+,27+,30?;1-,2+/m0./s1. The number of carbonyl (C=O) groups is 2. The lowest BCUT2D eigenvalue weighted by Crippen LogP contribution is -2.84. The molecule has 7 rings (SSSR count). The van der Waals surface area contributed by atoms with Crippen molar-refractivity contribution < 1.29 is 49.8 Å². The number of carboxylic acid groups (broad SMARTS) is 2. The zero-order valence-corrected chi connectivity index (χ0v) is 25.4. The van der Waals surface area contributed by atoms with Crippen molar-refractivity contribution in [2.45, 2.75) is 94.2 Å². The number of carbonyl (C=O) groups excluding carboxylic acids is 1. The van der Waals surface area contributed by atoms with E-state index in [9.17, 15) is 30.0 Å². The number of rotatable bonds is 10. The first kappa shape index (κ1) is 32.1. The summed E-state index contributed by atoms with van der Waals surface area (Å²) in [5, 5.41) is 69.6. The third-order valence-corrected chi connectivity index (χ3v) is 11.8. The maximum atomic E-state index is 12.1. The van der Waals surface area contributed by atoms with Crippen molar-refractivity contribution in [2.75, 3.05) is 38.1 Å². The molecule has 12 nitrogen and oxygen atoms in total. The number of hydrogen-bond donors (Lipinski definition) is 6. The van der Waals surface area contributed by atoms with Gasteiger partial charge in [0.15, 0.2) is 12.3 Å². The number of benzene rings is 1. The van der Waals surface area contributed by atoms with Crippen LogP contribution in [0.15, 0.2) is 24.3 Å². The second kappa shape index (κ2) is 11.6. The van der Waals surface area contributed by atoms with Gasteiger partial charge in [-0.3, -0.25) is 4.48 Å². The van der Waals surface area contributed by atoms with Crippen LogP contribution in [0.5, 0.6) is 0 Å². The third-order valence-electron chi connectivity index (χ3n) is 11.8. The molecule has 5 bridgehead atoms. The molecular weight excluding hydrogens is 558 g/mol. The van der Waals surface area contributed by atoms with E-state index < -0.39 is 36.5 Å². The Morgan fingerprint density at radius 1 is 1.09 bits per heavy atom. The molecule has 1 aromatic rings. The molecule has 240 valence electrons.